The maximum Gasteiger partial charge on any atom is 0.410 e. The van der Waals surface area contributed by atoms with Crippen molar-refractivity contribution >= 4 is 30.0 Å². The van der Waals surface area contributed by atoms with Gasteiger partial charge in [-0.1, -0.05) is 110 Å². The monoisotopic (exact) mass is 731 g/mol. The Hall–Kier alpha value is -3.87. The summed E-state index contributed by atoms with van der Waals surface area (Å²) in [5.41, 5.74) is 2.05. The van der Waals surface area contributed by atoms with Crippen LogP contribution in [0.4, 0.5) is 9.59 Å². The molecule has 4 amide bonds. The Kier molecular flexibility index (Phi) is 20.1. The minimum atomic E-state index is -2.05. The zero-order valence-corrected chi connectivity index (χ0v) is 32.6. The number of carbonyl (C=O) groups excluding carboxylic acids is 5. The van der Waals surface area contributed by atoms with Gasteiger partial charge in [0.25, 0.3) is 17.5 Å². The molecule has 0 aliphatic heterocycles. The van der Waals surface area contributed by atoms with Crippen LogP contribution in [0.25, 0.3) is 0 Å². The summed E-state index contributed by atoms with van der Waals surface area (Å²) < 4.78 is 15.6. The highest BCUT2D eigenvalue weighted by molar-refractivity contribution is 5.91. The van der Waals surface area contributed by atoms with Crippen molar-refractivity contribution in [1.82, 2.24) is 26.4 Å². The van der Waals surface area contributed by atoms with Gasteiger partial charge in [-0.05, 0) is 49.5 Å². The number of alkyl carbamates (subject to hydrolysis) is 2. The average Bonchev–Trinajstić information content (AvgIpc) is 3.12. The number of hydrazine groups is 1. The molecule has 3 atom stereocenters. The smallest absolute Gasteiger partial charge is 0.410 e. The molecule has 0 spiro atoms. The van der Waals surface area contributed by atoms with Crippen LogP contribution in [0.1, 0.15) is 117 Å². The third-order valence-electron chi connectivity index (χ3n) is 9.66. The predicted molar refractivity (Wildman–Crippen MR) is 200 cm³/mol. The standard InChI is InChI=1S/C39H65N5O8/c1-8-9-10-11-18-23-33(45)52-39(29(4)5,42-38(49)51-7)36(47)40-32(25-24-30-19-14-12-15-20-30)27-44(26-31-21-16-13-17-22-31)43-35(46)34(28(2)3)41-37(48)50-6/h12,14-15,19-20,28-29,31-32,34H,8-11,13,16-18,21-27H2,1-7H3,(H,40,47)(H,41,48)(H,42,49)(H,43,46)/t32-,34-,39+/m0/s1. The van der Waals surface area contributed by atoms with Crippen molar-refractivity contribution in [1.29, 1.82) is 0 Å². The zero-order valence-electron chi connectivity index (χ0n) is 32.6. The van der Waals surface area contributed by atoms with Crippen LogP contribution < -0.4 is 21.4 Å². The molecule has 52 heavy (non-hydrogen) atoms. The highest BCUT2D eigenvalue weighted by Crippen LogP contribution is 2.25. The molecule has 0 aromatic heterocycles. The second-order valence-corrected chi connectivity index (χ2v) is 14.6. The van der Waals surface area contributed by atoms with Crippen LogP contribution in [0.3, 0.4) is 0 Å². The van der Waals surface area contributed by atoms with Crippen LogP contribution in [0.5, 0.6) is 0 Å². The van der Waals surface area contributed by atoms with Gasteiger partial charge in [0.1, 0.15) is 6.04 Å². The van der Waals surface area contributed by atoms with E-state index in [-0.39, 0.29) is 18.9 Å². The van der Waals surface area contributed by atoms with Crippen molar-refractivity contribution in [3.63, 3.8) is 0 Å². The third kappa shape index (κ3) is 15.4. The fraction of sp³-hybridized carbons (Fsp3) is 0.718. The molecular weight excluding hydrogens is 666 g/mol. The predicted octanol–water partition coefficient (Wildman–Crippen LogP) is 6.01. The molecule has 294 valence electrons. The Morgan fingerprint density at radius 1 is 0.865 bits per heavy atom. The first kappa shape index (κ1) is 44.3. The van der Waals surface area contributed by atoms with Crippen LogP contribution in [0, 0.1) is 17.8 Å². The fourth-order valence-corrected chi connectivity index (χ4v) is 6.51. The van der Waals surface area contributed by atoms with Crippen LogP contribution in [-0.4, -0.2) is 80.1 Å². The second-order valence-electron chi connectivity index (χ2n) is 14.6. The average molecular weight is 732 g/mol. The van der Waals surface area contributed by atoms with Crippen LogP contribution in [0.2, 0.25) is 0 Å². The van der Waals surface area contributed by atoms with Crippen molar-refractivity contribution < 1.29 is 38.2 Å². The summed E-state index contributed by atoms with van der Waals surface area (Å²) in [6.45, 7) is 9.92. The van der Waals surface area contributed by atoms with E-state index in [0.29, 0.717) is 31.7 Å². The number of nitrogens with one attached hydrogen (secondary N) is 4. The molecule has 0 saturated heterocycles. The fourth-order valence-electron chi connectivity index (χ4n) is 6.51. The highest BCUT2D eigenvalue weighted by atomic mass is 16.6. The van der Waals surface area contributed by atoms with Gasteiger partial charge in [-0.25, -0.2) is 14.6 Å². The Morgan fingerprint density at radius 2 is 1.52 bits per heavy atom. The molecule has 1 aromatic carbocycles. The minimum Gasteiger partial charge on any atom is -0.453 e. The van der Waals surface area contributed by atoms with Gasteiger partial charge < -0.3 is 24.8 Å². The molecule has 1 saturated carbocycles. The number of rotatable bonds is 22. The molecule has 13 heteroatoms. The summed E-state index contributed by atoms with van der Waals surface area (Å²) in [4.78, 5) is 66.2. The van der Waals surface area contributed by atoms with Crippen molar-refractivity contribution in [3.8, 4) is 0 Å². The van der Waals surface area contributed by atoms with Gasteiger partial charge in [-0.3, -0.25) is 25.1 Å². The van der Waals surface area contributed by atoms with Gasteiger partial charge in [-0.2, -0.15) is 0 Å². The number of ether oxygens (including phenoxy) is 3. The summed E-state index contributed by atoms with van der Waals surface area (Å²) >= 11 is 0. The zero-order chi connectivity index (χ0) is 38.5. The molecule has 0 radical (unpaired) electrons. The number of hydrogen-bond acceptors (Lipinski definition) is 9. The Bertz CT molecular complexity index is 1240. The number of amides is 4. The molecule has 4 N–H and O–H groups in total. The van der Waals surface area contributed by atoms with Crippen LogP contribution in [0.15, 0.2) is 30.3 Å². The van der Waals surface area contributed by atoms with Crippen molar-refractivity contribution in [2.45, 2.75) is 136 Å². The summed E-state index contributed by atoms with van der Waals surface area (Å²) in [5, 5.41) is 10.1. The van der Waals surface area contributed by atoms with Gasteiger partial charge in [0.15, 0.2) is 0 Å². The molecule has 1 aromatic rings. The number of benzene rings is 1. The van der Waals surface area contributed by atoms with Crippen molar-refractivity contribution in [3.05, 3.63) is 35.9 Å². The first-order valence-corrected chi connectivity index (χ1v) is 19.2. The maximum atomic E-state index is 14.5. The van der Waals surface area contributed by atoms with E-state index < -0.39 is 53.7 Å². The molecule has 13 nitrogen and oxygen atoms in total. The Labute approximate surface area is 311 Å². The second kappa shape index (κ2) is 23.6. The summed E-state index contributed by atoms with van der Waals surface area (Å²) in [6, 6.07) is 8.42. The van der Waals surface area contributed by atoms with E-state index in [4.69, 9.17) is 14.2 Å². The molecule has 2 rings (SSSR count). The summed E-state index contributed by atoms with van der Waals surface area (Å²) in [6.07, 6.45) is 9.52. The Balaban J connectivity index is 2.45. The number of methoxy groups -OCH3 is 2. The van der Waals surface area contributed by atoms with E-state index in [1.807, 2.05) is 49.2 Å². The van der Waals surface area contributed by atoms with Crippen LogP contribution >= 0.6 is 0 Å². The van der Waals surface area contributed by atoms with Gasteiger partial charge in [0.2, 0.25) is 0 Å². The number of unbranched alkanes of at least 4 members (excludes halogenated alkanes) is 4. The number of nitrogens with zero attached hydrogens (tertiary/aromatic N) is 1. The summed E-state index contributed by atoms with van der Waals surface area (Å²) in [7, 11) is 2.43. The number of aryl methyl sites for hydroxylation is 1. The van der Waals surface area contributed by atoms with E-state index >= 15 is 0 Å². The molecule has 0 heterocycles. The van der Waals surface area contributed by atoms with E-state index in [0.717, 1.165) is 56.9 Å². The lowest BCUT2D eigenvalue weighted by Gasteiger charge is -2.38. The first-order valence-electron chi connectivity index (χ1n) is 19.2. The van der Waals surface area contributed by atoms with Crippen LogP contribution in [-0.2, 0) is 35.0 Å². The molecule has 0 bridgehead atoms. The van der Waals surface area contributed by atoms with E-state index in [2.05, 4.69) is 28.3 Å². The summed E-state index contributed by atoms with van der Waals surface area (Å²) in [5.74, 6) is -2.27. The van der Waals surface area contributed by atoms with E-state index in [1.165, 1.54) is 20.6 Å². The van der Waals surface area contributed by atoms with Crippen molar-refractivity contribution in [2.24, 2.45) is 17.8 Å². The lowest BCUT2D eigenvalue weighted by Crippen LogP contribution is -2.66. The largest absolute Gasteiger partial charge is 0.453 e. The van der Waals surface area contributed by atoms with Crippen molar-refractivity contribution in [2.75, 3.05) is 27.3 Å². The lowest BCUT2D eigenvalue weighted by atomic mass is 9.89. The minimum absolute atomic E-state index is 0.101. The highest BCUT2D eigenvalue weighted by Gasteiger charge is 2.48. The molecule has 1 fully saturated rings. The molecular formula is C39H65N5O8. The third-order valence-corrected chi connectivity index (χ3v) is 9.66. The lowest BCUT2D eigenvalue weighted by molar-refractivity contribution is -0.178. The quantitative estimate of drug-likeness (QED) is 0.0368. The number of carbonyl (C=O) groups is 5. The number of hydrogen-bond donors (Lipinski definition) is 4. The van der Waals surface area contributed by atoms with Gasteiger partial charge in [-0.15, -0.1) is 0 Å². The van der Waals surface area contributed by atoms with Gasteiger partial charge >= 0.3 is 18.2 Å². The molecule has 1 aliphatic rings. The first-order chi connectivity index (χ1) is 24.8. The SMILES string of the molecule is CCCCCCCC(=O)O[C@@](NC(=O)OC)(C(=O)N[C@@H](CCc1ccccc1)CN(CC1CCCCC1)NC(=O)[C@@H](NC(=O)OC)C(C)C)C(C)C. The normalized spacial score (nSPS) is 15.7. The van der Waals surface area contributed by atoms with E-state index in [9.17, 15) is 24.0 Å². The van der Waals surface area contributed by atoms with Gasteiger partial charge in [0.05, 0.1) is 14.2 Å². The molecule has 1 aliphatic carbocycles. The maximum absolute atomic E-state index is 14.5. The van der Waals surface area contributed by atoms with Gasteiger partial charge in [0, 0.05) is 31.5 Å². The topological polar surface area (TPSA) is 164 Å². The molecule has 0 unspecified atom stereocenters. The number of esters is 1. The van der Waals surface area contributed by atoms with E-state index in [1.54, 1.807) is 13.8 Å². The Morgan fingerprint density at radius 3 is 2.12 bits per heavy atom.